The van der Waals surface area contributed by atoms with Gasteiger partial charge in [0, 0.05) is 25.7 Å². The van der Waals surface area contributed by atoms with Gasteiger partial charge in [-0.1, -0.05) is 0 Å². The van der Waals surface area contributed by atoms with Crippen molar-refractivity contribution in [1.82, 2.24) is 10.3 Å². The van der Waals surface area contributed by atoms with Crippen LogP contribution < -0.4 is 15.0 Å². The quantitative estimate of drug-likeness (QED) is 0.781. The smallest absolute Gasteiger partial charge is 0.213 e. The van der Waals surface area contributed by atoms with Gasteiger partial charge >= 0.3 is 0 Å². The van der Waals surface area contributed by atoms with E-state index in [0.717, 1.165) is 26.2 Å². The number of hydrogen-bond donors (Lipinski definition) is 1. The maximum Gasteiger partial charge on any atom is 0.213 e. The van der Waals surface area contributed by atoms with Gasteiger partial charge in [-0.05, 0) is 19.0 Å². The Labute approximate surface area is 90.3 Å². The minimum absolute atomic E-state index is 0.673. The van der Waals surface area contributed by atoms with Crippen molar-refractivity contribution in [2.75, 3.05) is 38.2 Å². The molecule has 1 aromatic heterocycles. The fourth-order valence-corrected chi connectivity index (χ4v) is 1.78. The number of nitrogens with zero attached hydrogens (tertiary/aromatic N) is 2. The zero-order valence-corrected chi connectivity index (χ0v) is 9.07. The van der Waals surface area contributed by atoms with Crippen LogP contribution in [0.15, 0.2) is 18.3 Å². The lowest BCUT2D eigenvalue weighted by Gasteiger charge is -2.21. The lowest BCUT2D eigenvalue weighted by Crippen LogP contribution is -2.27. The fourth-order valence-electron chi connectivity index (χ4n) is 1.78. The predicted molar refractivity (Wildman–Crippen MR) is 60.5 cm³/mol. The zero-order valence-electron chi connectivity index (χ0n) is 9.07. The molecule has 1 saturated heterocycles. The van der Waals surface area contributed by atoms with Crippen LogP contribution in [0.5, 0.6) is 5.88 Å². The molecule has 0 bridgehead atoms. The van der Waals surface area contributed by atoms with Crippen LogP contribution in [-0.4, -0.2) is 38.3 Å². The first-order chi connectivity index (χ1) is 7.40. The SMILES string of the molecule is COc1ccc(N2CCCNCC2)cn1. The van der Waals surface area contributed by atoms with Gasteiger partial charge in [-0.25, -0.2) is 4.98 Å². The van der Waals surface area contributed by atoms with Crippen LogP contribution in [0.3, 0.4) is 0 Å². The Morgan fingerprint density at radius 1 is 1.33 bits per heavy atom. The van der Waals surface area contributed by atoms with Crippen LogP contribution >= 0.6 is 0 Å². The summed E-state index contributed by atoms with van der Waals surface area (Å²) < 4.78 is 5.04. The van der Waals surface area contributed by atoms with Crippen LogP contribution in [0.1, 0.15) is 6.42 Å². The lowest BCUT2D eigenvalue weighted by atomic mass is 10.3. The summed E-state index contributed by atoms with van der Waals surface area (Å²) in [6.07, 6.45) is 3.07. The fraction of sp³-hybridized carbons (Fsp3) is 0.545. The third-order valence-corrected chi connectivity index (χ3v) is 2.64. The third-order valence-electron chi connectivity index (χ3n) is 2.64. The van der Waals surface area contributed by atoms with E-state index in [-0.39, 0.29) is 0 Å². The molecule has 4 nitrogen and oxygen atoms in total. The lowest BCUT2D eigenvalue weighted by molar-refractivity contribution is 0.398. The second-order valence-corrected chi connectivity index (χ2v) is 3.65. The summed E-state index contributed by atoms with van der Waals surface area (Å²) in [7, 11) is 1.64. The highest BCUT2D eigenvalue weighted by molar-refractivity contribution is 5.45. The molecule has 0 spiro atoms. The van der Waals surface area contributed by atoms with Gasteiger partial charge < -0.3 is 15.0 Å². The number of aromatic nitrogens is 1. The van der Waals surface area contributed by atoms with Crippen molar-refractivity contribution < 1.29 is 4.74 Å². The minimum atomic E-state index is 0.673. The second-order valence-electron chi connectivity index (χ2n) is 3.65. The summed E-state index contributed by atoms with van der Waals surface area (Å²) in [5.41, 5.74) is 1.18. The van der Waals surface area contributed by atoms with Gasteiger partial charge in [0.1, 0.15) is 0 Å². The Morgan fingerprint density at radius 3 is 3.00 bits per heavy atom. The van der Waals surface area contributed by atoms with Gasteiger partial charge in [-0.3, -0.25) is 0 Å². The molecule has 0 saturated carbocycles. The van der Waals surface area contributed by atoms with Crippen LogP contribution in [-0.2, 0) is 0 Å². The first kappa shape index (κ1) is 10.2. The molecule has 0 unspecified atom stereocenters. The molecule has 0 atom stereocenters. The molecule has 0 amide bonds. The predicted octanol–water partition coefficient (Wildman–Crippen LogP) is 0.890. The molecular formula is C11H17N3O. The third kappa shape index (κ3) is 2.59. The Kier molecular flexibility index (Phi) is 3.40. The van der Waals surface area contributed by atoms with Gasteiger partial charge in [0.05, 0.1) is 19.0 Å². The van der Waals surface area contributed by atoms with E-state index in [4.69, 9.17) is 4.74 Å². The molecule has 1 aliphatic rings. The summed E-state index contributed by atoms with van der Waals surface area (Å²) in [4.78, 5) is 6.57. The number of methoxy groups -OCH3 is 1. The van der Waals surface area contributed by atoms with E-state index in [1.54, 1.807) is 7.11 Å². The summed E-state index contributed by atoms with van der Waals surface area (Å²) in [5, 5.41) is 3.38. The van der Waals surface area contributed by atoms with Crippen molar-refractivity contribution >= 4 is 5.69 Å². The molecule has 0 aliphatic carbocycles. The molecule has 1 aliphatic heterocycles. The molecule has 1 N–H and O–H groups in total. The van der Waals surface area contributed by atoms with Crippen molar-refractivity contribution in [2.45, 2.75) is 6.42 Å². The average molecular weight is 207 g/mol. The zero-order chi connectivity index (χ0) is 10.5. The Balaban J connectivity index is 2.06. The largest absolute Gasteiger partial charge is 0.481 e. The van der Waals surface area contributed by atoms with Crippen molar-refractivity contribution in [1.29, 1.82) is 0 Å². The van der Waals surface area contributed by atoms with Gasteiger partial charge in [-0.2, -0.15) is 0 Å². The Hall–Kier alpha value is -1.29. The summed E-state index contributed by atoms with van der Waals surface area (Å²) >= 11 is 0. The monoisotopic (exact) mass is 207 g/mol. The van der Waals surface area contributed by atoms with Gasteiger partial charge in [0.2, 0.25) is 5.88 Å². The number of anilines is 1. The van der Waals surface area contributed by atoms with E-state index >= 15 is 0 Å². The summed E-state index contributed by atoms with van der Waals surface area (Å²) in [5.74, 6) is 0.673. The van der Waals surface area contributed by atoms with Crippen molar-refractivity contribution in [3.05, 3.63) is 18.3 Å². The maximum absolute atomic E-state index is 5.04. The van der Waals surface area contributed by atoms with Crippen LogP contribution in [0, 0.1) is 0 Å². The Morgan fingerprint density at radius 2 is 2.27 bits per heavy atom. The summed E-state index contributed by atoms with van der Waals surface area (Å²) in [6, 6.07) is 3.98. The standard InChI is InChI=1S/C11H17N3O/c1-15-11-4-3-10(9-13-11)14-7-2-5-12-6-8-14/h3-4,9,12H,2,5-8H2,1H3. The van der Waals surface area contributed by atoms with Crippen LogP contribution in [0.25, 0.3) is 0 Å². The van der Waals surface area contributed by atoms with Crippen LogP contribution in [0.4, 0.5) is 5.69 Å². The normalized spacial score (nSPS) is 17.3. The summed E-state index contributed by atoms with van der Waals surface area (Å²) in [6.45, 7) is 4.31. The molecule has 1 fully saturated rings. The van der Waals surface area contributed by atoms with Crippen LogP contribution in [0.2, 0.25) is 0 Å². The number of hydrogen-bond acceptors (Lipinski definition) is 4. The first-order valence-corrected chi connectivity index (χ1v) is 5.36. The minimum Gasteiger partial charge on any atom is -0.481 e. The van der Waals surface area contributed by atoms with E-state index in [1.807, 2.05) is 12.3 Å². The van der Waals surface area contributed by atoms with Crippen molar-refractivity contribution in [3.63, 3.8) is 0 Å². The number of ether oxygens (including phenoxy) is 1. The van der Waals surface area contributed by atoms with Crippen molar-refractivity contribution in [2.24, 2.45) is 0 Å². The number of pyridine rings is 1. The molecule has 2 rings (SSSR count). The van der Waals surface area contributed by atoms with Gasteiger partial charge in [-0.15, -0.1) is 0 Å². The first-order valence-electron chi connectivity index (χ1n) is 5.36. The molecule has 82 valence electrons. The molecular weight excluding hydrogens is 190 g/mol. The van der Waals surface area contributed by atoms with Gasteiger partial charge in [0.25, 0.3) is 0 Å². The average Bonchev–Trinajstić information content (AvgIpc) is 2.58. The number of rotatable bonds is 2. The highest BCUT2D eigenvalue weighted by Gasteiger charge is 2.09. The topological polar surface area (TPSA) is 37.4 Å². The molecule has 4 heteroatoms. The number of nitrogens with one attached hydrogen (secondary N) is 1. The molecule has 0 radical (unpaired) electrons. The molecule has 1 aromatic rings. The second kappa shape index (κ2) is 4.98. The van der Waals surface area contributed by atoms with E-state index < -0.39 is 0 Å². The van der Waals surface area contributed by atoms with E-state index in [2.05, 4.69) is 21.3 Å². The van der Waals surface area contributed by atoms with E-state index in [9.17, 15) is 0 Å². The Bertz CT molecular complexity index is 291. The van der Waals surface area contributed by atoms with Crippen molar-refractivity contribution in [3.8, 4) is 5.88 Å². The highest BCUT2D eigenvalue weighted by Crippen LogP contribution is 2.16. The maximum atomic E-state index is 5.04. The molecule has 2 heterocycles. The van der Waals surface area contributed by atoms with Gasteiger partial charge in [0.15, 0.2) is 0 Å². The highest BCUT2D eigenvalue weighted by atomic mass is 16.5. The molecule has 0 aromatic carbocycles. The van der Waals surface area contributed by atoms with E-state index in [0.29, 0.717) is 5.88 Å². The molecule has 15 heavy (non-hydrogen) atoms. The van der Waals surface area contributed by atoms with E-state index in [1.165, 1.54) is 12.1 Å².